The minimum atomic E-state index is -0.578. The molecule has 2 aliphatic rings. The Morgan fingerprint density at radius 1 is 1.24 bits per heavy atom. The van der Waals surface area contributed by atoms with Crippen LogP contribution in [0.1, 0.15) is 44.7 Å². The zero-order valence-corrected chi connectivity index (χ0v) is 15.6. The first kappa shape index (κ1) is 17.6. The maximum atomic E-state index is 13.0. The van der Waals surface area contributed by atoms with Gasteiger partial charge < -0.3 is 5.32 Å². The number of likely N-dealkylation sites (tertiary alicyclic amines) is 1. The molecule has 0 aromatic heterocycles. The van der Waals surface area contributed by atoms with Crippen LogP contribution in [-0.2, 0) is 14.4 Å². The number of rotatable bonds is 3. The fourth-order valence-corrected chi connectivity index (χ4v) is 4.25. The molecule has 1 aromatic carbocycles. The summed E-state index contributed by atoms with van der Waals surface area (Å²) in [6.45, 7) is 9.57. The smallest absolute Gasteiger partial charge is 0.244 e. The van der Waals surface area contributed by atoms with E-state index in [1.54, 1.807) is 0 Å². The molecule has 3 amide bonds. The fourth-order valence-electron chi connectivity index (χ4n) is 4.25. The summed E-state index contributed by atoms with van der Waals surface area (Å²) in [7, 11) is 0. The highest BCUT2D eigenvalue weighted by Gasteiger charge is 2.64. The Hall–Kier alpha value is -2.17. The second-order valence-corrected chi connectivity index (χ2v) is 8.24. The molecule has 1 heterocycles. The summed E-state index contributed by atoms with van der Waals surface area (Å²) < 4.78 is 0. The second kappa shape index (κ2) is 5.68. The Balaban J connectivity index is 1.79. The third kappa shape index (κ3) is 2.57. The van der Waals surface area contributed by atoms with Gasteiger partial charge >= 0.3 is 0 Å². The van der Waals surface area contributed by atoms with Crippen molar-refractivity contribution in [3.63, 3.8) is 0 Å². The number of carbonyl (C=O) groups is 3. The molecule has 5 nitrogen and oxygen atoms in total. The Morgan fingerprint density at radius 3 is 2.60 bits per heavy atom. The number of aryl methyl sites for hydroxylation is 2. The predicted octanol–water partition coefficient (Wildman–Crippen LogP) is 3.05. The SMILES string of the molecule is Cc1ccc(C)c(NC(=O)CN2C(=O)C3CCC(C)(C2=O)C3(C)C)c1. The number of imide groups is 1. The third-order valence-corrected chi connectivity index (χ3v) is 6.48. The number of benzene rings is 1. The average Bonchev–Trinajstić information content (AvgIpc) is 2.72. The Labute approximate surface area is 148 Å². The molecular formula is C20H26N2O3. The first-order valence-electron chi connectivity index (χ1n) is 8.81. The van der Waals surface area contributed by atoms with Crippen LogP contribution in [0.2, 0.25) is 0 Å². The maximum absolute atomic E-state index is 13.0. The molecule has 1 aliphatic heterocycles. The lowest BCUT2D eigenvalue weighted by atomic mass is 9.62. The van der Waals surface area contributed by atoms with Gasteiger partial charge in [-0.15, -0.1) is 0 Å². The van der Waals surface area contributed by atoms with E-state index in [0.717, 1.165) is 16.8 Å². The number of hydrogen-bond acceptors (Lipinski definition) is 3. The lowest BCUT2D eigenvalue weighted by Crippen LogP contribution is -2.60. The van der Waals surface area contributed by atoms with Crippen LogP contribution in [0.15, 0.2) is 18.2 Å². The van der Waals surface area contributed by atoms with Crippen molar-refractivity contribution in [2.24, 2.45) is 16.7 Å². The molecule has 25 heavy (non-hydrogen) atoms. The molecule has 1 aromatic rings. The van der Waals surface area contributed by atoms with Gasteiger partial charge in [-0.3, -0.25) is 19.3 Å². The summed E-state index contributed by atoms with van der Waals surface area (Å²) in [4.78, 5) is 39.4. The Morgan fingerprint density at radius 2 is 1.92 bits per heavy atom. The first-order valence-corrected chi connectivity index (χ1v) is 8.81. The van der Waals surface area contributed by atoms with Crippen molar-refractivity contribution < 1.29 is 14.4 Å². The Bertz CT molecular complexity index is 768. The van der Waals surface area contributed by atoms with Crippen LogP contribution < -0.4 is 5.32 Å². The highest BCUT2D eigenvalue weighted by molar-refractivity contribution is 6.07. The van der Waals surface area contributed by atoms with E-state index in [2.05, 4.69) is 5.32 Å². The molecule has 2 atom stereocenters. The van der Waals surface area contributed by atoms with Gasteiger partial charge in [-0.2, -0.15) is 0 Å². The summed E-state index contributed by atoms with van der Waals surface area (Å²) >= 11 is 0. The van der Waals surface area contributed by atoms with Gasteiger partial charge in [0.25, 0.3) is 0 Å². The fraction of sp³-hybridized carbons (Fsp3) is 0.550. The van der Waals surface area contributed by atoms with Gasteiger partial charge in [0.1, 0.15) is 6.54 Å². The number of fused-ring (bicyclic) bond motifs is 2. The quantitative estimate of drug-likeness (QED) is 0.859. The minimum Gasteiger partial charge on any atom is -0.324 e. The van der Waals surface area contributed by atoms with Crippen LogP contribution in [0.25, 0.3) is 0 Å². The summed E-state index contributed by atoms with van der Waals surface area (Å²) in [5.74, 6) is -0.949. The van der Waals surface area contributed by atoms with Gasteiger partial charge in [-0.1, -0.05) is 32.9 Å². The summed E-state index contributed by atoms with van der Waals surface area (Å²) in [6.07, 6.45) is 1.41. The molecule has 2 bridgehead atoms. The van der Waals surface area contributed by atoms with Crippen molar-refractivity contribution in [2.75, 3.05) is 11.9 Å². The van der Waals surface area contributed by atoms with Crippen molar-refractivity contribution >= 4 is 23.4 Å². The zero-order valence-electron chi connectivity index (χ0n) is 15.6. The van der Waals surface area contributed by atoms with E-state index in [-0.39, 0.29) is 35.6 Å². The second-order valence-electron chi connectivity index (χ2n) is 8.24. The van der Waals surface area contributed by atoms with E-state index in [0.29, 0.717) is 12.8 Å². The molecule has 1 N–H and O–H groups in total. The van der Waals surface area contributed by atoms with Crippen molar-refractivity contribution in [1.29, 1.82) is 0 Å². The van der Waals surface area contributed by atoms with Gasteiger partial charge in [0, 0.05) is 11.6 Å². The van der Waals surface area contributed by atoms with Crippen molar-refractivity contribution in [3.8, 4) is 0 Å². The average molecular weight is 342 g/mol. The normalized spacial score (nSPS) is 27.6. The molecule has 5 heteroatoms. The van der Waals surface area contributed by atoms with E-state index in [1.807, 2.05) is 52.8 Å². The van der Waals surface area contributed by atoms with E-state index in [1.165, 1.54) is 4.90 Å². The molecule has 3 rings (SSSR count). The number of piperidine rings is 1. The summed E-state index contributed by atoms with van der Waals surface area (Å²) in [6, 6.07) is 5.80. The van der Waals surface area contributed by atoms with E-state index < -0.39 is 5.41 Å². The lowest BCUT2D eigenvalue weighted by Gasteiger charge is -2.47. The monoisotopic (exact) mass is 342 g/mol. The van der Waals surface area contributed by atoms with Crippen LogP contribution >= 0.6 is 0 Å². The lowest BCUT2D eigenvalue weighted by molar-refractivity contribution is -0.168. The van der Waals surface area contributed by atoms with Crippen LogP contribution in [0, 0.1) is 30.6 Å². The predicted molar refractivity (Wildman–Crippen MR) is 95.9 cm³/mol. The van der Waals surface area contributed by atoms with E-state index in [9.17, 15) is 14.4 Å². The molecule has 2 unspecified atom stereocenters. The topological polar surface area (TPSA) is 66.5 Å². The number of nitrogens with one attached hydrogen (secondary N) is 1. The largest absolute Gasteiger partial charge is 0.324 e. The number of nitrogens with zero attached hydrogens (tertiary/aromatic N) is 1. The molecule has 2 fully saturated rings. The molecular weight excluding hydrogens is 316 g/mol. The summed E-state index contributed by atoms with van der Waals surface area (Å²) in [5.41, 5.74) is 1.77. The highest BCUT2D eigenvalue weighted by atomic mass is 16.2. The molecule has 0 radical (unpaired) electrons. The molecule has 0 spiro atoms. The number of hydrogen-bond donors (Lipinski definition) is 1. The summed E-state index contributed by atoms with van der Waals surface area (Å²) in [5, 5.41) is 2.84. The van der Waals surface area contributed by atoms with Crippen molar-refractivity contribution in [1.82, 2.24) is 4.90 Å². The van der Waals surface area contributed by atoms with Gasteiger partial charge in [0.15, 0.2) is 0 Å². The van der Waals surface area contributed by atoms with Crippen molar-refractivity contribution in [3.05, 3.63) is 29.3 Å². The third-order valence-electron chi connectivity index (χ3n) is 6.48. The standard InChI is InChI=1S/C20H26N2O3/c1-12-6-7-13(2)15(10-12)21-16(23)11-22-17(24)14-8-9-20(5,18(22)25)19(14,3)4/h6-7,10,14H,8-9,11H2,1-5H3,(H,21,23). The molecule has 1 aliphatic carbocycles. The molecule has 1 saturated heterocycles. The van der Waals surface area contributed by atoms with E-state index >= 15 is 0 Å². The number of anilines is 1. The van der Waals surface area contributed by atoms with Gasteiger partial charge in [0.05, 0.1) is 5.41 Å². The zero-order chi connectivity index (χ0) is 18.6. The minimum absolute atomic E-state index is 0.191. The van der Waals surface area contributed by atoms with Crippen molar-refractivity contribution in [2.45, 2.75) is 47.5 Å². The first-order chi connectivity index (χ1) is 11.6. The Kier molecular flexibility index (Phi) is 4.01. The number of amides is 3. The van der Waals surface area contributed by atoms with Crippen LogP contribution in [0.4, 0.5) is 5.69 Å². The van der Waals surface area contributed by atoms with Crippen LogP contribution in [-0.4, -0.2) is 29.2 Å². The van der Waals surface area contributed by atoms with Crippen LogP contribution in [0.3, 0.4) is 0 Å². The van der Waals surface area contributed by atoms with E-state index in [4.69, 9.17) is 0 Å². The van der Waals surface area contributed by atoms with Gasteiger partial charge in [0.2, 0.25) is 17.7 Å². The van der Waals surface area contributed by atoms with Gasteiger partial charge in [-0.05, 0) is 49.3 Å². The van der Waals surface area contributed by atoms with Gasteiger partial charge in [-0.25, -0.2) is 0 Å². The highest BCUT2D eigenvalue weighted by Crippen LogP contribution is 2.59. The number of carbonyl (C=O) groups excluding carboxylic acids is 3. The maximum Gasteiger partial charge on any atom is 0.244 e. The van der Waals surface area contributed by atoms with Crippen LogP contribution in [0.5, 0.6) is 0 Å². The molecule has 134 valence electrons. The molecule has 1 saturated carbocycles.